The number of benzene rings is 1. The van der Waals surface area contributed by atoms with Crippen molar-refractivity contribution >= 4 is 31.6 Å². The van der Waals surface area contributed by atoms with Gasteiger partial charge in [-0.25, -0.2) is 8.42 Å². The van der Waals surface area contributed by atoms with Gasteiger partial charge < -0.3 is 10.6 Å². The summed E-state index contributed by atoms with van der Waals surface area (Å²) in [6, 6.07) is 6.10. The summed E-state index contributed by atoms with van der Waals surface area (Å²) in [5.41, 5.74) is 8.03. The Morgan fingerprint density at radius 1 is 1.25 bits per heavy atom. The summed E-state index contributed by atoms with van der Waals surface area (Å²) in [6.45, 7) is 4.40. The molecule has 0 amide bonds. The van der Waals surface area contributed by atoms with E-state index in [2.05, 4.69) is 20.8 Å². The second-order valence-corrected chi connectivity index (χ2v) is 7.99. The smallest absolute Gasteiger partial charge is 0.211 e. The minimum absolute atomic E-state index is 0.00225. The zero-order valence-electron chi connectivity index (χ0n) is 11.7. The fraction of sp³-hybridized carbons (Fsp3) is 0.538. The number of nitrogens with two attached hydrogens (primary N) is 1. The number of piperazine rings is 1. The number of anilines is 1. The highest BCUT2D eigenvalue weighted by Gasteiger charge is 2.24. The first kappa shape index (κ1) is 15.8. The van der Waals surface area contributed by atoms with Gasteiger partial charge in [0.15, 0.2) is 0 Å². The van der Waals surface area contributed by atoms with E-state index in [-0.39, 0.29) is 6.04 Å². The lowest BCUT2D eigenvalue weighted by atomic mass is 10.1. The van der Waals surface area contributed by atoms with E-state index in [4.69, 9.17) is 5.73 Å². The van der Waals surface area contributed by atoms with E-state index in [1.54, 1.807) is 0 Å². The van der Waals surface area contributed by atoms with Gasteiger partial charge in [0.05, 0.1) is 11.9 Å². The van der Waals surface area contributed by atoms with Gasteiger partial charge in [-0.3, -0.25) is 0 Å². The van der Waals surface area contributed by atoms with Gasteiger partial charge in [0, 0.05) is 36.7 Å². The first-order valence-electron chi connectivity index (χ1n) is 6.54. The highest BCUT2D eigenvalue weighted by Crippen LogP contribution is 2.29. The molecule has 2 N–H and O–H groups in total. The fourth-order valence-electron chi connectivity index (χ4n) is 2.32. The first-order valence-corrected chi connectivity index (χ1v) is 9.18. The molecule has 0 aromatic heterocycles. The SMILES string of the molecule is C[C@@H](N)c1ccc(N2CCN(S(C)(=O)=O)CC2)c(Br)c1. The van der Waals surface area contributed by atoms with E-state index < -0.39 is 10.0 Å². The maximum Gasteiger partial charge on any atom is 0.211 e. The van der Waals surface area contributed by atoms with Crippen LogP contribution in [0.2, 0.25) is 0 Å². The molecule has 1 aromatic rings. The normalized spacial score (nSPS) is 19.1. The summed E-state index contributed by atoms with van der Waals surface area (Å²) < 4.78 is 25.5. The molecule has 1 aromatic carbocycles. The van der Waals surface area contributed by atoms with Gasteiger partial charge in [-0.05, 0) is 40.5 Å². The number of hydrogen-bond acceptors (Lipinski definition) is 4. The molecule has 112 valence electrons. The second kappa shape index (κ2) is 6.01. The zero-order valence-corrected chi connectivity index (χ0v) is 14.1. The Labute approximate surface area is 128 Å². The number of sulfonamides is 1. The second-order valence-electron chi connectivity index (χ2n) is 5.15. The summed E-state index contributed by atoms with van der Waals surface area (Å²) in [6.07, 6.45) is 1.26. The van der Waals surface area contributed by atoms with Gasteiger partial charge in [-0.15, -0.1) is 0 Å². The lowest BCUT2D eigenvalue weighted by Crippen LogP contribution is -2.48. The summed E-state index contributed by atoms with van der Waals surface area (Å²) in [4.78, 5) is 2.19. The summed E-state index contributed by atoms with van der Waals surface area (Å²) in [5, 5.41) is 0. The van der Waals surface area contributed by atoms with Gasteiger partial charge >= 0.3 is 0 Å². The van der Waals surface area contributed by atoms with Crippen LogP contribution in [0.1, 0.15) is 18.5 Å². The van der Waals surface area contributed by atoms with Crippen LogP contribution in [-0.2, 0) is 10.0 Å². The van der Waals surface area contributed by atoms with Crippen LogP contribution in [0.15, 0.2) is 22.7 Å². The van der Waals surface area contributed by atoms with E-state index in [0.717, 1.165) is 15.7 Å². The molecule has 0 aliphatic carbocycles. The standard InChI is InChI=1S/C13H20BrN3O2S/c1-10(15)11-3-4-13(12(14)9-11)16-5-7-17(8-6-16)20(2,18)19/h3-4,9-10H,5-8,15H2,1-2H3/t10-/m1/s1. The van der Waals surface area contributed by atoms with Crippen LogP contribution in [0.25, 0.3) is 0 Å². The molecular formula is C13H20BrN3O2S. The van der Waals surface area contributed by atoms with Gasteiger partial charge in [0.2, 0.25) is 10.0 Å². The van der Waals surface area contributed by atoms with Crippen molar-refractivity contribution in [1.29, 1.82) is 0 Å². The van der Waals surface area contributed by atoms with Crippen LogP contribution < -0.4 is 10.6 Å². The summed E-state index contributed by atoms with van der Waals surface area (Å²) in [7, 11) is -3.08. The Kier molecular flexibility index (Phi) is 4.73. The van der Waals surface area contributed by atoms with Gasteiger partial charge in [0.25, 0.3) is 0 Å². The highest BCUT2D eigenvalue weighted by molar-refractivity contribution is 9.10. The van der Waals surface area contributed by atoms with Crippen molar-refractivity contribution in [2.24, 2.45) is 5.73 Å². The average molecular weight is 362 g/mol. The molecular weight excluding hydrogens is 342 g/mol. The predicted octanol–water partition coefficient (Wildman–Crippen LogP) is 1.55. The number of nitrogens with zero attached hydrogens (tertiary/aromatic N) is 2. The molecule has 1 aliphatic heterocycles. The summed E-state index contributed by atoms with van der Waals surface area (Å²) >= 11 is 3.58. The van der Waals surface area contributed by atoms with Crippen LogP contribution in [0.5, 0.6) is 0 Å². The number of halogens is 1. The Bertz CT molecular complexity index is 581. The van der Waals surface area contributed by atoms with E-state index in [1.807, 2.05) is 25.1 Å². The third-order valence-corrected chi connectivity index (χ3v) is 5.48. The van der Waals surface area contributed by atoms with Crippen molar-refractivity contribution in [2.75, 3.05) is 37.3 Å². The molecule has 1 fully saturated rings. The minimum Gasteiger partial charge on any atom is -0.368 e. The van der Waals surface area contributed by atoms with Gasteiger partial charge in [-0.2, -0.15) is 4.31 Å². The maximum absolute atomic E-state index is 11.5. The van der Waals surface area contributed by atoms with Crippen molar-refractivity contribution in [3.8, 4) is 0 Å². The minimum atomic E-state index is -3.08. The van der Waals surface area contributed by atoms with E-state index in [0.29, 0.717) is 26.2 Å². The molecule has 1 saturated heterocycles. The third kappa shape index (κ3) is 3.52. The average Bonchev–Trinajstić information content (AvgIpc) is 2.37. The monoisotopic (exact) mass is 361 g/mol. The van der Waals surface area contributed by atoms with Gasteiger partial charge in [0.1, 0.15) is 0 Å². The molecule has 0 saturated carbocycles. The Morgan fingerprint density at radius 3 is 2.30 bits per heavy atom. The van der Waals surface area contributed by atoms with Crippen LogP contribution >= 0.6 is 15.9 Å². The first-order chi connectivity index (χ1) is 9.29. The Hall–Kier alpha value is -0.630. The maximum atomic E-state index is 11.5. The van der Waals surface area contributed by atoms with Crippen molar-refractivity contribution < 1.29 is 8.42 Å². The topological polar surface area (TPSA) is 66.6 Å². The molecule has 7 heteroatoms. The third-order valence-electron chi connectivity index (χ3n) is 3.55. The molecule has 2 rings (SSSR count). The van der Waals surface area contributed by atoms with Crippen LogP contribution in [0, 0.1) is 0 Å². The molecule has 5 nitrogen and oxygen atoms in total. The van der Waals surface area contributed by atoms with Crippen molar-refractivity contribution in [3.05, 3.63) is 28.2 Å². The molecule has 20 heavy (non-hydrogen) atoms. The highest BCUT2D eigenvalue weighted by atomic mass is 79.9. The van der Waals surface area contributed by atoms with Crippen molar-refractivity contribution in [3.63, 3.8) is 0 Å². The largest absolute Gasteiger partial charge is 0.368 e. The molecule has 1 atom stereocenters. The Morgan fingerprint density at radius 2 is 1.85 bits per heavy atom. The van der Waals surface area contributed by atoms with Crippen molar-refractivity contribution in [1.82, 2.24) is 4.31 Å². The van der Waals surface area contributed by atoms with E-state index in [9.17, 15) is 8.42 Å². The lowest BCUT2D eigenvalue weighted by Gasteiger charge is -2.35. The molecule has 0 radical (unpaired) electrons. The molecule has 0 spiro atoms. The molecule has 1 heterocycles. The number of hydrogen-bond donors (Lipinski definition) is 1. The van der Waals surface area contributed by atoms with Crippen LogP contribution in [0.3, 0.4) is 0 Å². The molecule has 0 unspecified atom stereocenters. The quantitative estimate of drug-likeness (QED) is 0.886. The molecule has 1 aliphatic rings. The van der Waals surface area contributed by atoms with Gasteiger partial charge in [-0.1, -0.05) is 6.07 Å². The van der Waals surface area contributed by atoms with Crippen LogP contribution in [0.4, 0.5) is 5.69 Å². The van der Waals surface area contributed by atoms with Crippen molar-refractivity contribution in [2.45, 2.75) is 13.0 Å². The summed E-state index contributed by atoms with van der Waals surface area (Å²) in [5.74, 6) is 0. The lowest BCUT2D eigenvalue weighted by molar-refractivity contribution is 0.388. The zero-order chi connectivity index (χ0) is 14.9. The van der Waals surface area contributed by atoms with E-state index >= 15 is 0 Å². The number of rotatable bonds is 3. The Balaban J connectivity index is 2.11. The van der Waals surface area contributed by atoms with Crippen LogP contribution in [-0.4, -0.2) is 45.2 Å². The van der Waals surface area contributed by atoms with E-state index in [1.165, 1.54) is 10.6 Å². The fourth-order valence-corrected chi connectivity index (χ4v) is 3.80. The predicted molar refractivity (Wildman–Crippen MR) is 85.4 cm³/mol. The molecule has 0 bridgehead atoms.